The highest BCUT2D eigenvalue weighted by atomic mass is 32.2. The molecule has 0 spiro atoms. The lowest BCUT2D eigenvalue weighted by Crippen LogP contribution is -2.38. The molecule has 0 atom stereocenters. The molecule has 1 aliphatic rings. The molecule has 9 heteroatoms. The normalized spacial score (nSPS) is 14.0. The van der Waals surface area contributed by atoms with Crippen LogP contribution in [0.3, 0.4) is 0 Å². The van der Waals surface area contributed by atoms with Crippen molar-refractivity contribution in [1.29, 1.82) is 0 Å². The topological polar surface area (TPSA) is 113 Å². The smallest absolute Gasteiger partial charge is 0.338 e. The first-order valence-corrected chi connectivity index (χ1v) is 7.66. The summed E-state index contributed by atoms with van der Waals surface area (Å²) in [5, 5.41) is 11.4. The molecule has 8 nitrogen and oxygen atoms in total. The van der Waals surface area contributed by atoms with Crippen LogP contribution in [0.15, 0.2) is 24.3 Å². The van der Waals surface area contributed by atoms with Gasteiger partial charge in [0, 0.05) is 13.1 Å². The van der Waals surface area contributed by atoms with Crippen LogP contribution in [-0.4, -0.2) is 58.5 Å². The van der Waals surface area contributed by atoms with Crippen LogP contribution in [0.2, 0.25) is 0 Å². The second kappa shape index (κ2) is 7.63. The molecule has 0 saturated carbocycles. The van der Waals surface area contributed by atoms with Crippen molar-refractivity contribution in [3.63, 3.8) is 0 Å². The van der Waals surface area contributed by atoms with Gasteiger partial charge < -0.3 is 15.2 Å². The number of imide groups is 1. The van der Waals surface area contributed by atoms with Crippen LogP contribution >= 0.6 is 11.8 Å². The van der Waals surface area contributed by atoms with E-state index in [-0.39, 0.29) is 41.3 Å². The number of aromatic hydroxyl groups is 1. The molecule has 1 fully saturated rings. The predicted molar refractivity (Wildman–Crippen MR) is 81.0 cm³/mol. The lowest BCUT2D eigenvalue weighted by Gasteiger charge is -2.13. The van der Waals surface area contributed by atoms with Crippen molar-refractivity contribution in [2.45, 2.75) is 0 Å². The summed E-state index contributed by atoms with van der Waals surface area (Å²) in [6.45, 7) is -0.331. The van der Waals surface area contributed by atoms with E-state index in [4.69, 9.17) is 4.74 Å². The number of carbonyl (C=O) groups excluding carboxylic acids is 4. The number of carbonyl (C=O) groups is 4. The van der Waals surface area contributed by atoms with Crippen LogP contribution < -0.4 is 5.32 Å². The minimum atomic E-state index is -0.739. The van der Waals surface area contributed by atoms with Crippen molar-refractivity contribution in [3.05, 3.63) is 29.8 Å². The molecule has 1 aromatic rings. The van der Waals surface area contributed by atoms with Gasteiger partial charge in [-0.25, -0.2) is 4.79 Å². The second-order valence-corrected chi connectivity index (χ2v) is 5.50. The number of phenolic OH excluding ortho intramolecular Hbond substituents is 1. The van der Waals surface area contributed by atoms with E-state index in [1.54, 1.807) is 0 Å². The largest absolute Gasteiger partial charge is 0.508 e. The summed E-state index contributed by atoms with van der Waals surface area (Å²) in [5.74, 6) is -1.54. The fraction of sp³-hybridized carbons (Fsp3) is 0.286. The number of nitrogens with one attached hydrogen (secondary N) is 1. The zero-order valence-corrected chi connectivity index (χ0v) is 12.8. The summed E-state index contributed by atoms with van der Waals surface area (Å²) in [7, 11) is 0. The van der Waals surface area contributed by atoms with Crippen molar-refractivity contribution >= 4 is 34.8 Å². The molecule has 1 aliphatic heterocycles. The Kier molecular flexibility index (Phi) is 5.58. The van der Waals surface area contributed by atoms with Gasteiger partial charge in [0.15, 0.2) is 6.61 Å². The van der Waals surface area contributed by atoms with E-state index in [1.807, 2.05) is 0 Å². The van der Waals surface area contributed by atoms with Crippen LogP contribution in [0.1, 0.15) is 10.4 Å². The Morgan fingerprint density at radius 3 is 2.78 bits per heavy atom. The van der Waals surface area contributed by atoms with Crippen molar-refractivity contribution < 1.29 is 29.0 Å². The van der Waals surface area contributed by atoms with Gasteiger partial charge in [0.1, 0.15) is 5.75 Å². The van der Waals surface area contributed by atoms with Crippen LogP contribution in [-0.2, 0) is 14.3 Å². The molecule has 23 heavy (non-hydrogen) atoms. The molecule has 0 aliphatic carbocycles. The highest BCUT2D eigenvalue weighted by Crippen LogP contribution is 2.17. The van der Waals surface area contributed by atoms with Gasteiger partial charge in [0.25, 0.3) is 11.1 Å². The molecule has 1 aromatic carbocycles. The first-order chi connectivity index (χ1) is 11.0. The lowest BCUT2D eigenvalue weighted by molar-refractivity contribution is -0.126. The minimum Gasteiger partial charge on any atom is -0.508 e. The summed E-state index contributed by atoms with van der Waals surface area (Å²) in [6.07, 6.45) is 0. The third-order valence-corrected chi connectivity index (χ3v) is 3.77. The Labute approximate surface area is 135 Å². The van der Waals surface area contributed by atoms with E-state index in [0.717, 1.165) is 16.7 Å². The van der Waals surface area contributed by atoms with Gasteiger partial charge in [-0.3, -0.25) is 19.3 Å². The number of benzene rings is 1. The van der Waals surface area contributed by atoms with Gasteiger partial charge in [0.2, 0.25) is 5.91 Å². The first-order valence-electron chi connectivity index (χ1n) is 6.67. The minimum absolute atomic E-state index is 0.0803. The highest BCUT2D eigenvalue weighted by molar-refractivity contribution is 8.14. The van der Waals surface area contributed by atoms with E-state index < -0.39 is 18.5 Å². The Morgan fingerprint density at radius 2 is 2.13 bits per heavy atom. The van der Waals surface area contributed by atoms with E-state index in [0.29, 0.717) is 0 Å². The maximum Gasteiger partial charge on any atom is 0.338 e. The number of thioether (sulfide) groups is 1. The molecular weight excluding hydrogens is 324 g/mol. The summed E-state index contributed by atoms with van der Waals surface area (Å²) in [6, 6.07) is 5.56. The van der Waals surface area contributed by atoms with Gasteiger partial charge in [-0.05, 0) is 18.2 Å². The third kappa shape index (κ3) is 4.71. The van der Waals surface area contributed by atoms with Gasteiger partial charge in [0.05, 0.1) is 11.3 Å². The van der Waals surface area contributed by atoms with Crippen molar-refractivity contribution in [3.8, 4) is 5.75 Å². The third-order valence-electron chi connectivity index (χ3n) is 2.91. The summed E-state index contributed by atoms with van der Waals surface area (Å²) >= 11 is 0.920. The quantitative estimate of drug-likeness (QED) is 0.720. The average molecular weight is 338 g/mol. The fourth-order valence-electron chi connectivity index (χ4n) is 1.80. The number of hydrogen-bond donors (Lipinski definition) is 2. The van der Waals surface area contributed by atoms with Crippen molar-refractivity contribution in [1.82, 2.24) is 10.2 Å². The van der Waals surface area contributed by atoms with Crippen LogP contribution in [0.5, 0.6) is 5.75 Å². The molecule has 0 aromatic heterocycles. The first kappa shape index (κ1) is 16.8. The number of amides is 3. The Bertz CT molecular complexity index is 632. The number of rotatable bonds is 6. The molecule has 2 rings (SSSR count). The molecule has 122 valence electrons. The number of ether oxygens (including phenoxy) is 1. The van der Waals surface area contributed by atoms with Gasteiger partial charge in [-0.15, -0.1) is 0 Å². The number of phenols is 1. The molecule has 0 bridgehead atoms. The number of esters is 1. The van der Waals surface area contributed by atoms with E-state index in [1.165, 1.54) is 24.3 Å². The van der Waals surface area contributed by atoms with Gasteiger partial charge in [-0.1, -0.05) is 17.8 Å². The standard InChI is InChI=1S/C14H14N2O6S/c17-10-3-1-2-9(6-10)13(20)22-7-11(18)15-4-5-16-12(19)8-23-14(16)21/h1-3,6,17H,4-5,7-8H2,(H,15,18). The molecule has 0 unspecified atom stereocenters. The molecular formula is C14H14N2O6S. The van der Waals surface area contributed by atoms with Crippen molar-refractivity contribution in [2.75, 3.05) is 25.4 Å². The monoisotopic (exact) mass is 338 g/mol. The Balaban J connectivity index is 1.70. The maximum absolute atomic E-state index is 11.7. The van der Waals surface area contributed by atoms with Crippen LogP contribution in [0.25, 0.3) is 0 Å². The van der Waals surface area contributed by atoms with Gasteiger partial charge >= 0.3 is 5.97 Å². The average Bonchev–Trinajstić information content (AvgIpc) is 2.84. The predicted octanol–water partition coefficient (Wildman–Crippen LogP) is 0.361. The summed E-state index contributed by atoms with van der Waals surface area (Å²) < 4.78 is 4.80. The molecule has 1 heterocycles. The number of hydrogen-bond acceptors (Lipinski definition) is 7. The second-order valence-electron chi connectivity index (χ2n) is 4.58. The Morgan fingerprint density at radius 1 is 1.35 bits per heavy atom. The van der Waals surface area contributed by atoms with E-state index in [9.17, 15) is 24.3 Å². The molecule has 0 radical (unpaired) electrons. The SMILES string of the molecule is O=C(COC(=O)c1cccc(O)c1)NCCN1C(=O)CSC1=O. The zero-order valence-electron chi connectivity index (χ0n) is 12.0. The van der Waals surface area contributed by atoms with Crippen LogP contribution in [0.4, 0.5) is 4.79 Å². The number of nitrogens with zero attached hydrogens (tertiary/aromatic N) is 1. The highest BCUT2D eigenvalue weighted by Gasteiger charge is 2.29. The van der Waals surface area contributed by atoms with Crippen molar-refractivity contribution in [2.24, 2.45) is 0 Å². The summed E-state index contributed by atoms with van der Waals surface area (Å²) in [4.78, 5) is 46.9. The molecule has 2 N–H and O–H groups in total. The Hall–Kier alpha value is -2.55. The molecule has 3 amide bonds. The zero-order chi connectivity index (χ0) is 16.8. The maximum atomic E-state index is 11.7. The van der Waals surface area contributed by atoms with E-state index >= 15 is 0 Å². The van der Waals surface area contributed by atoms with Gasteiger partial charge in [-0.2, -0.15) is 0 Å². The van der Waals surface area contributed by atoms with Crippen LogP contribution in [0, 0.1) is 0 Å². The fourth-order valence-corrected chi connectivity index (χ4v) is 2.55. The molecule has 1 saturated heterocycles. The van der Waals surface area contributed by atoms with E-state index in [2.05, 4.69) is 5.32 Å². The summed E-state index contributed by atoms with van der Waals surface area (Å²) in [5.41, 5.74) is 0.128. The lowest BCUT2D eigenvalue weighted by atomic mass is 10.2.